The molecule has 0 aromatic heterocycles. The zero-order valence-electron chi connectivity index (χ0n) is 12.1. The second-order valence-electron chi connectivity index (χ2n) is 3.95. The number of carbonyl (C=O) groups excluding carboxylic acids is 2. The molecule has 0 bridgehead atoms. The van der Waals surface area contributed by atoms with Crippen LogP contribution in [0, 0.1) is 0 Å². The Kier molecular flexibility index (Phi) is 7.39. The van der Waals surface area contributed by atoms with Crippen LogP contribution in [0.5, 0.6) is 0 Å². The van der Waals surface area contributed by atoms with Crippen molar-refractivity contribution in [1.29, 1.82) is 0 Å². The van der Waals surface area contributed by atoms with Crippen LogP contribution in [0.25, 0.3) is 0 Å². The minimum Gasteiger partial charge on any atom is -0.465 e. The number of hydrogen-bond donors (Lipinski definition) is 2. The van der Waals surface area contributed by atoms with Gasteiger partial charge in [-0.2, -0.15) is 0 Å². The van der Waals surface area contributed by atoms with Gasteiger partial charge in [-0.3, -0.25) is 4.79 Å². The normalized spacial score (nSPS) is 15.9. The summed E-state index contributed by atoms with van der Waals surface area (Å²) in [6, 6.07) is -0.706. The molecule has 0 heterocycles. The third-order valence-electron chi connectivity index (χ3n) is 2.33. The van der Waals surface area contributed by atoms with Crippen LogP contribution in [0.3, 0.4) is 0 Å². The first-order chi connectivity index (χ1) is 10.2. The zero-order chi connectivity index (χ0) is 15.5. The fourth-order valence-electron chi connectivity index (χ4n) is 1.42. The standard InChI is InChI=1S/C14H19N3O4/c1-3-20-13(18)10-15-14(19)17-12-7-5-11(6-8-12)9-16-21-4-2/h5-8,12H,3-4,10H2,1-2H3,(H2,15,17,19). The number of nitrogens with zero attached hydrogens (tertiary/aromatic N) is 1. The van der Waals surface area contributed by atoms with Crippen LogP contribution in [0.1, 0.15) is 13.8 Å². The topological polar surface area (TPSA) is 89.0 Å². The molecular weight excluding hydrogens is 274 g/mol. The summed E-state index contributed by atoms with van der Waals surface area (Å²) in [4.78, 5) is 27.4. The number of carbonyl (C=O) groups is 2. The van der Waals surface area contributed by atoms with Gasteiger partial charge in [0.25, 0.3) is 0 Å². The minimum absolute atomic E-state index is 0.161. The molecule has 1 rings (SSSR count). The predicted octanol–water partition coefficient (Wildman–Crippen LogP) is 0.891. The summed E-state index contributed by atoms with van der Waals surface area (Å²) in [6.45, 7) is 4.14. The lowest BCUT2D eigenvalue weighted by Crippen LogP contribution is -2.43. The summed E-state index contributed by atoms with van der Waals surface area (Å²) in [7, 11) is 0. The van der Waals surface area contributed by atoms with Gasteiger partial charge in [0.1, 0.15) is 13.2 Å². The number of urea groups is 1. The molecular formula is C14H19N3O4. The van der Waals surface area contributed by atoms with Crippen LogP contribution >= 0.6 is 0 Å². The quantitative estimate of drug-likeness (QED) is 0.432. The van der Waals surface area contributed by atoms with Crippen molar-refractivity contribution in [2.24, 2.45) is 5.16 Å². The molecule has 0 saturated heterocycles. The van der Waals surface area contributed by atoms with Crippen molar-refractivity contribution in [3.63, 3.8) is 0 Å². The van der Waals surface area contributed by atoms with E-state index in [1.54, 1.807) is 31.2 Å². The Labute approximate surface area is 123 Å². The molecule has 0 fully saturated rings. The number of hydrogen-bond acceptors (Lipinski definition) is 5. The Hall–Kier alpha value is -2.53. The summed E-state index contributed by atoms with van der Waals surface area (Å²) >= 11 is 0. The van der Waals surface area contributed by atoms with Crippen molar-refractivity contribution < 1.29 is 19.2 Å². The lowest BCUT2D eigenvalue weighted by Gasteiger charge is -2.14. The van der Waals surface area contributed by atoms with Crippen LogP contribution in [0.15, 0.2) is 35.0 Å². The molecule has 0 aliphatic heterocycles. The lowest BCUT2D eigenvalue weighted by atomic mass is 10.1. The molecule has 0 radical (unpaired) electrons. The van der Waals surface area contributed by atoms with Gasteiger partial charge in [0, 0.05) is 11.4 Å². The van der Waals surface area contributed by atoms with Gasteiger partial charge < -0.3 is 20.2 Å². The largest absolute Gasteiger partial charge is 0.465 e. The van der Waals surface area contributed by atoms with Gasteiger partial charge in [-0.15, -0.1) is 0 Å². The average Bonchev–Trinajstić information content (AvgIpc) is 2.48. The molecule has 114 valence electrons. The monoisotopic (exact) mass is 293 g/mol. The predicted molar refractivity (Wildman–Crippen MR) is 77.8 cm³/mol. The molecule has 2 amide bonds. The van der Waals surface area contributed by atoms with E-state index in [4.69, 9.17) is 9.57 Å². The molecule has 0 atom stereocenters. The van der Waals surface area contributed by atoms with Gasteiger partial charge >= 0.3 is 12.0 Å². The van der Waals surface area contributed by atoms with Gasteiger partial charge in [-0.1, -0.05) is 12.2 Å². The van der Waals surface area contributed by atoms with Gasteiger partial charge in [0.2, 0.25) is 0 Å². The van der Waals surface area contributed by atoms with Gasteiger partial charge in [0.15, 0.2) is 0 Å². The summed E-state index contributed by atoms with van der Waals surface area (Å²) in [5, 5.41) is 8.71. The summed E-state index contributed by atoms with van der Waals surface area (Å²) < 4.78 is 4.70. The highest BCUT2D eigenvalue weighted by Crippen LogP contribution is 2.05. The highest BCUT2D eigenvalue weighted by atomic mass is 16.6. The maximum atomic E-state index is 11.6. The molecule has 7 nitrogen and oxygen atoms in total. The van der Waals surface area contributed by atoms with Crippen molar-refractivity contribution >= 4 is 17.9 Å². The Morgan fingerprint density at radius 3 is 2.62 bits per heavy atom. The second kappa shape index (κ2) is 9.39. The first-order valence-electron chi connectivity index (χ1n) is 6.67. The second-order valence-corrected chi connectivity index (χ2v) is 3.95. The summed E-state index contributed by atoms with van der Waals surface area (Å²) in [5.74, 6) is 2.23. The molecule has 1 aliphatic rings. The van der Waals surface area contributed by atoms with Crippen molar-refractivity contribution in [3.8, 4) is 0 Å². The van der Waals surface area contributed by atoms with Crippen molar-refractivity contribution in [2.75, 3.05) is 19.8 Å². The molecule has 7 heteroatoms. The highest BCUT2D eigenvalue weighted by molar-refractivity contribution is 5.81. The van der Waals surface area contributed by atoms with E-state index >= 15 is 0 Å². The average molecular weight is 293 g/mol. The molecule has 2 N–H and O–H groups in total. The van der Waals surface area contributed by atoms with Crippen LogP contribution in [0.2, 0.25) is 0 Å². The van der Waals surface area contributed by atoms with Crippen LogP contribution in [0.4, 0.5) is 4.79 Å². The smallest absolute Gasteiger partial charge is 0.325 e. The van der Waals surface area contributed by atoms with Gasteiger partial charge in [-0.25, -0.2) is 4.79 Å². The number of amides is 2. The summed E-state index contributed by atoms with van der Waals surface area (Å²) in [6.07, 6.45) is 7.07. The van der Waals surface area contributed by atoms with E-state index in [1.165, 1.54) is 0 Å². The Morgan fingerprint density at radius 2 is 2.00 bits per heavy atom. The number of allylic oxidation sites excluding steroid dienone is 3. The number of esters is 1. The molecule has 1 aliphatic carbocycles. The van der Waals surface area contributed by atoms with Crippen LogP contribution < -0.4 is 10.6 Å². The molecule has 0 spiro atoms. The third kappa shape index (κ3) is 6.98. The molecule has 21 heavy (non-hydrogen) atoms. The fraction of sp³-hybridized carbons (Fsp3) is 0.429. The Bertz CT molecular complexity index is 474. The summed E-state index contributed by atoms with van der Waals surface area (Å²) in [5.41, 5.74) is 0.744. The van der Waals surface area contributed by atoms with E-state index in [2.05, 4.69) is 21.7 Å². The first kappa shape index (κ1) is 16.5. The van der Waals surface area contributed by atoms with Gasteiger partial charge in [0.05, 0.1) is 12.6 Å². The maximum Gasteiger partial charge on any atom is 0.325 e. The number of rotatable bonds is 6. The van der Waals surface area contributed by atoms with E-state index in [9.17, 15) is 9.59 Å². The van der Waals surface area contributed by atoms with Crippen LogP contribution in [-0.4, -0.2) is 43.7 Å². The SMILES string of the molecule is CCON=C=C1C=CC(NC(=O)NCC(=O)OCC)C=C1. The maximum absolute atomic E-state index is 11.6. The van der Waals surface area contributed by atoms with E-state index in [1.807, 2.05) is 6.92 Å². The van der Waals surface area contributed by atoms with E-state index in [0.29, 0.717) is 6.61 Å². The molecule has 0 aromatic rings. The fourth-order valence-corrected chi connectivity index (χ4v) is 1.42. The van der Waals surface area contributed by atoms with Crippen LogP contribution in [-0.2, 0) is 14.4 Å². The van der Waals surface area contributed by atoms with E-state index in [-0.39, 0.29) is 19.2 Å². The van der Waals surface area contributed by atoms with Crippen molar-refractivity contribution in [2.45, 2.75) is 19.9 Å². The van der Waals surface area contributed by atoms with E-state index < -0.39 is 12.0 Å². The molecule has 0 aromatic carbocycles. The third-order valence-corrected chi connectivity index (χ3v) is 2.33. The molecule has 0 unspecified atom stereocenters. The molecule has 0 saturated carbocycles. The van der Waals surface area contributed by atoms with Crippen molar-refractivity contribution in [1.82, 2.24) is 10.6 Å². The minimum atomic E-state index is -0.472. The number of nitrogens with one attached hydrogen (secondary N) is 2. The Morgan fingerprint density at radius 1 is 1.29 bits per heavy atom. The van der Waals surface area contributed by atoms with Crippen molar-refractivity contribution in [3.05, 3.63) is 29.9 Å². The Balaban J connectivity index is 2.36. The number of ether oxygens (including phenoxy) is 1. The van der Waals surface area contributed by atoms with E-state index in [0.717, 1.165) is 5.57 Å². The first-order valence-corrected chi connectivity index (χ1v) is 6.67. The van der Waals surface area contributed by atoms with Gasteiger partial charge in [-0.05, 0) is 31.2 Å². The lowest BCUT2D eigenvalue weighted by molar-refractivity contribution is -0.141. The zero-order valence-corrected chi connectivity index (χ0v) is 12.1. The highest BCUT2D eigenvalue weighted by Gasteiger charge is 2.10.